The summed E-state index contributed by atoms with van der Waals surface area (Å²) in [5.41, 5.74) is 0.749. The van der Waals surface area contributed by atoms with E-state index in [2.05, 4.69) is 6.58 Å². The van der Waals surface area contributed by atoms with Crippen LogP contribution in [0.2, 0.25) is 0 Å². The van der Waals surface area contributed by atoms with Crippen LogP contribution in [0.4, 0.5) is 0 Å². The molecular formula is C10H16O2. The fraction of sp³-hybridized carbons (Fsp3) is 0.500. The van der Waals surface area contributed by atoms with Crippen molar-refractivity contribution in [3.63, 3.8) is 0 Å². The van der Waals surface area contributed by atoms with E-state index in [0.717, 1.165) is 18.4 Å². The molecule has 68 valence electrons. The first kappa shape index (κ1) is 11.1. The lowest BCUT2D eigenvalue weighted by Gasteiger charge is -2.00. The monoisotopic (exact) mass is 168 g/mol. The van der Waals surface area contributed by atoms with E-state index in [-0.39, 0.29) is 5.78 Å². The lowest BCUT2D eigenvalue weighted by molar-refractivity contribution is -0.114. The molecule has 0 aliphatic heterocycles. The number of carbonyl (C=O) groups excluding carboxylic acids is 1. The number of carbonyl (C=O) groups is 1. The Hall–Kier alpha value is -0.890. The fourth-order valence-corrected chi connectivity index (χ4v) is 0.835. The summed E-state index contributed by atoms with van der Waals surface area (Å²) in [6.07, 6.45) is 5.51. The molecule has 0 spiro atoms. The van der Waals surface area contributed by atoms with Crippen LogP contribution in [0, 0.1) is 0 Å². The van der Waals surface area contributed by atoms with Crippen molar-refractivity contribution in [3.8, 4) is 0 Å². The number of methoxy groups -OCH3 is 1. The van der Waals surface area contributed by atoms with E-state index < -0.39 is 0 Å². The molecule has 0 aliphatic carbocycles. The summed E-state index contributed by atoms with van der Waals surface area (Å²) in [5, 5.41) is 0. The normalized spacial score (nSPS) is 11.3. The van der Waals surface area contributed by atoms with Gasteiger partial charge in [0.15, 0.2) is 5.78 Å². The Labute approximate surface area is 73.9 Å². The molecule has 0 atom stereocenters. The van der Waals surface area contributed by atoms with Gasteiger partial charge in [-0.1, -0.05) is 12.2 Å². The fourth-order valence-electron chi connectivity index (χ4n) is 0.835. The highest BCUT2D eigenvalue weighted by atomic mass is 16.5. The van der Waals surface area contributed by atoms with E-state index >= 15 is 0 Å². The first-order valence-corrected chi connectivity index (χ1v) is 4.02. The molecule has 0 aromatic heterocycles. The molecule has 0 rings (SSSR count). The van der Waals surface area contributed by atoms with Crippen molar-refractivity contribution in [3.05, 3.63) is 24.3 Å². The van der Waals surface area contributed by atoms with Gasteiger partial charge >= 0.3 is 0 Å². The summed E-state index contributed by atoms with van der Waals surface area (Å²) in [7, 11) is 1.59. The number of hydrogen-bond acceptors (Lipinski definition) is 2. The first-order valence-electron chi connectivity index (χ1n) is 4.02. The van der Waals surface area contributed by atoms with Crippen LogP contribution in [0.5, 0.6) is 0 Å². The largest absolute Gasteiger partial charge is 0.380 e. The van der Waals surface area contributed by atoms with Crippen molar-refractivity contribution in [2.45, 2.75) is 19.8 Å². The van der Waals surface area contributed by atoms with E-state index in [1.807, 2.05) is 12.2 Å². The number of Topliss-reactive ketones (excluding diaryl/α,β-unsaturated/α-hetero) is 1. The van der Waals surface area contributed by atoms with E-state index in [0.29, 0.717) is 6.61 Å². The van der Waals surface area contributed by atoms with E-state index in [1.54, 1.807) is 14.0 Å². The minimum atomic E-state index is 0.0842. The third-order valence-corrected chi connectivity index (χ3v) is 1.51. The molecule has 0 heterocycles. The molecule has 0 saturated carbocycles. The second-order valence-electron chi connectivity index (χ2n) is 2.58. The minimum absolute atomic E-state index is 0.0842. The standard InChI is InChI=1S/C10H16O2/c1-4-5-6-7-10(8-12-3)9(2)11/h4,7H,1,5-6,8H2,2-3H3. The smallest absolute Gasteiger partial charge is 0.157 e. The third kappa shape index (κ3) is 4.85. The number of ketones is 1. The zero-order valence-electron chi connectivity index (χ0n) is 7.80. The van der Waals surface area contributed by atoms with Crippen LogP contribution >= 0.6 is 0 Å². The summed E-state index contributed by atoms with van der Waals surface area (Å²) >= 11 is 0. The van der Waals surface area contributed by atoms with Gasteiger partial charge in [0.2, 0.25) is 0 Å². The van der Waals surface area contributed by atoms with Crippen LogP contribution in [0.15, 0.2) is 24.3 Å². The summed E-state index contributed by atoms with van der Waals surface area (Å²) < 4.78 is 4.88. The Morgan fingerprint density at radius 1 is 1.50 bits per heavy atom. The molecule has 0 aromatic carbocycles. The number of allylic oxidation sites excluding steroid dienone is 2. The maximum absolute atomic E-state index is 11.0. The van der Waals surface area contributed by atoms with Gasteiger partial charge in [-0.3, -0.25) is 4.79 Å². The van der Waals surface area contributed by atoms with Gasteiger partial charge in [-0.25, -0.2) is 0 Å². The Kier molecular flexibility index (Phi) is 6.29. The topological polar surface area (TPSA) is 26.3 Å². The number of rotatable bonds is 6. The molecule has 0 aromatic rings. The van der Waals surface area contributed by atoms with Crippen LogP contribution in [-0.2, 0) is 9.53 Å². The Balaban J connectivity index is 3.98. The second-order valence-corrected chi connectivity index (χ2v) is 2.58. The van der Waals surface area contributed by atoms with E-state index in [9.17, 15) is 4.79 Å². The molecule has 2 heteroatoms. The molecule has 0 saturated heterocycles. The van der Waals surface area contributed by atoms with Crippen molar-refractivity contribution in [1.29, 1.82) is 0 Å². The van der Waals surface area contributed by atoms with Gasteiger partial charge in [-0.2, -0.15) is 0 Å². The highest BCUT2D eigenvalue weighted by molar-refractivity contribution is 5.93. The van der Waals surface area contributed by atoms with Crippen molar-refractivity contribution in [2.24, 2.45) is 0 Å². The Bertz CT molecular complexity index is 180. The SMILES string of the molecule is C=CCCC=C(COC)C(C)=O. The maximum Gasteiger partial charge on any atom is 0.157 e. The van der Waals surface area contributed by atoms with Gasteiger partial charge in [0.05, 0.1) is 6.61 Å². The zero-order chi connectivity index (χ0) is 9.40. The highest BCUT2D eigenvalue weighted by Gasteiger charge is 2.00. The quantitative estimate of drug-likeness (QED) is 0.345. The third-order valence-electron chi connectivity index (χ3n) is 1.51. The van der Waals surface area contributed by atoms with Gasteiger partial charge < -0.3 is 4.74 Å². The predicted molar refractivity (Wildman–Crippen MR) is 50.1 cm³/mol. The van der Waals surface area contributed by atoms with Crippen molar-refractivity contribution >= 4 is 5.78 Å². The summed E-state index contributed by atoms with van der Waals surface area (Å²) in [5.74, 6) is 0.0842. The molecule has 12 heavy (non-hydrogen) atoms. The lowest BCUT2D eigenvalue weighted by Crippen LogP contribution is -2.03. The molecule has 0 unspecified atom stereocenters. The van der Waals surface area contributed by atoms with E-state index in [4.69, 9.17) is 4.74 Å². The minimum Gasteiger partial charge on any atom is -0.380 e. The zero-order valence-corrected chi connectivity index (χ0v) is 7.80. The number of ether oxygens (including phenoxy) is 1. The molecule has 0 amide bonds. The Morgan fingerprint density at radius 3 is 2.58 bits per heavy atom. The lowest BCUT2D eigenvalue weighted by atomic mass is 10.1. The molecule has 0 N–H and O–H groups in total. The average molecular weight is 168 g/mol. The molecule has 0 aliphatic rings. The van der Waals surface area contributed by atoms with Gasteiger partial charge in [0, 0.05) is 12.7 Å². The predicted octanol–water partition coefficient (Wildman–Crippen LogP) is 2.11. The Morgan fingerprint density at radius 2 is 2.17 bits per heavy atom. The maximum atomic E-state index is 11.0. The van der Waals surface area contributed by atoms with Crippen LogP contribution < -0.4 is 0 Å². The average Bonchev–Trinajstić information content (AvgIpc) is 2.03. The summed E-state index contributed by atoms with van der Waals surface area (Å²) in [6.45, 7) is 5.57. The molecule has 0 radical (unpaired) electrons. The van der Waals surface area contributed by atoms with Crippen molar-refractivity contribution in [1.82, 2.24) is 0 Å². The molecule has 0 bridgehead atoms. The van der Waals surface area contributed by atoms with Gasteiger partial charge in [-0.15, -0.1) is 6.58 Å². The summed E-state index contributed by atoms with van der Waals surface area (Å²) in [6, 6.07) is 0. The van der Waals surface area contributed by atoms with Crippen LogP contribution in [0.3, 0.4) is 0 Å². The molecular weight excluding hydrogens is 152 g/mol. The van der Waals surface area contributed by atoms with Gasteiger partial charge in [0.1, 0.15) is 0 Å². The number of hydrogen-bond donors (Lipinski definition) is 0. The van der Waals surface area contributed by atoms with Crippen LogP contribution in [0.1, 0.15) is 19.8 Å². The van der Waals surface area contributed by atoms with Gasteiger partial charge in [-0.05, 0) is 19.8 Å². The number of unbranched alkanes of at least 4 members (excludes halogenated alkanes) is 1. The second kappa shape index (κ2) is 6.80. The summed E-state index contributed by atoms with van der Waals surface area (Å²) in [4.78, 5) is 11.0. The van der Waals surface area contributed by atoms with Crippen LogP contribution in [-0.4, -0.2) is 19.5 Å². The first-order chi connectivity index (χ1) is 5.72. The highest BCUT2D eigenvalue weighted by Crippen LogP contribution is 2.01. The van der Waals surface area contributed by atoms with E-state index in [1.165, 1.54) is 0 Å². The molecule has 0 fully saturated rings. The van der Waals surface area contributed by atoms with Gasteiger partial charge in [0.25, 0.3) is 0 Å². The van der Waals surface area contributed by atoms with Crippen LogP contribution in [0.25, 0.3) is 0 Å². The van der Waals surface area contributed by atoms with Crippen molar-refractivity contribution < 1.29 is 9.53 Å². The van der Waals surface area contributed by atoms with Crippen molar-refractivity contribution in [2.75, 3.05) is 13.7 Å². The molecule has 2 nitrogen and oxygen atoms in total.